The van der Waals surface area contributed by atoms with E-state index in [1.165, 1.54) is 51.4 Å². The topological polar surface area (TPSA) is 35.5 Å². The molecule has 1 aromatic carbocycles. The lowest BCUT2D eigenvalue weighted by molar-refractivity contribution is 0.209. The standard InChI is InChI=1S/C21H37O3P/c1-3-5-6-7-8-9-10-11-12-16-20-24-25(22,23-19-4-2)21-17-14-13-15-18-21/h13-15,17-18H,3-12,16,19-20H2,1-2H3. The lowest BCUT2D eigenvalue weighted by Crippen LogP contribution is -2.11. The highest BCUT2D eigenvalue weighted by atomic mass is 31.2. The van der Waals surface area contributed by atoms with Gasteiger partial charge in [0.1, 0.15) is 0 Å². The second kappa shape index (κ2) is 14.5. The van der Waals surface area contributed by atoms with Gasteiger partial charge in [-0.05, 0) is 25.0 Å². The lowest BCUT2D eigenvalue weighted by atomic mass is 10.1. The lowest BCUT2D eigenvalue weighted by Gasteiger charge is -2.18. The highest BCUT2D eigenvalue weighted by molar-refractivity contribution is 7.62. The maximum absolute atomic E-state index is 13.0. The van der Waals surface area contributed by atoms with Crippen molar-refractivity contribution in [3.8, 4) is 0 Å². The Morgan fingerprint density at radius 2 is 1.20 bits per heavy atom. The van der Waals surface area contributed by atoms with Gasteiger partial charge in [-0.3, -0.25) is 4.57 Å². The minimum atomic E-state index is -3.17. The van der Waals surface area contributed by atoms with Crippen molar-refractivity contribution in [1.82, 2.24) is 0 Å². The molecule has 0 saturated heterocycles. The van der Waals surface area contributed by atoms with Crippen LogP contribution in [0, 0.1) is 0 Å². The van der Waals surface area contributed by atoms with Crippen molar-refractivity contribution in [1.29, 1.82) is 0 Å². The summed E-state index contributed by atoms with van der Waals surface area (Å²) in [6.07, 6.45) is 13.6. The van der Waals surface area contributed by atoms with Gasteiger partial charge in [0.2, 0.25) is 0 Å². The van der Waals surface area contributed by atoms with E-state index in [0.29, 0.717) is 18.5 Å². The fourth-order valence-corrected chi connectivity index (χ4v) is 4.48. The van der Waals surface area contributed by atoms with Crippen LogP contribution in [-0.2, 0) is 13.6 Å². The van der Waals surface area contributed by atoms with Crippen LogP contribution in [0.1, 0.15) is 84.5 Å². The van der Waals surface area contributed by atoms with Gasteiger partial charge in [0, 0.05) is 0 Å². The molecule has 0 saturated carbocycles. The summed E-state index contributed by atoms with van der Waals surface area (Å²) in [5, 5.41) is 0.663. The molecule has 0 aliphatic carbocycles. The van der Waals surface area contributed by atoms with Gasteiger partial charge in [-0.25, -0.2) is 0 Å². The largest absolute Gasteiger partial charge is 0.361 e. The zero-order valence-corrected chi connectivity index (χ0v) is 17.1. The van der Waals surface area contributed by atoms with E-state index < -0.39 is 7.60 Å². The highest BCUT2D eigenvalue weighted by Gasteiger charge is 2.26. The van der Waals surface area contributed by atoms with E-state index in [-0.39, 0.29) is 0 Å². The summed E-state index contributed by atoms with van der Waals surface area (Å²) in [6, 6.07) is 9.32. The molecular formula is C21H37O3P. The molecule has 3 nitrogen and oxygen atoms in total. The predicted molar refractivity (Wildman–Crippen MR) is 108 cm³/mol. The summed E-state index contributed by atoms with van der Waals surface area (Å²) >= 11 is 0. The highest BCUT2D eigenvalue weighted by Crippen LogP contribution is 2.47. The van der Waals surface area contributed by atoms with Gasteiger partial charge in [-0.15, -0.1) is 0 Å². The van der Waals surface area contributed by atoms with Crippen LogP contribution in [0.25, 0.3) is 0 Å². The van der Waals surface area contributed by atoms with Gasteiger partial charge in [-0.2, -0.15) is 0 Å². The maximum Gasteiger partial charge on any atom is 0.361 e. The van der Waals surface area contributed by atoms with E-state index >= 15 is 0 Å². The van der Waals surface area contributed by atoms with Crippen LogP contribution >= 0.6 is 7.60 Å². The van der Waals surface area contributed by atoms with E-state index in [1.807, 2.05) is 37.3 Å². The third kappa shape index (κ3) is 10.2. The molecule has 0 N–H and O–H groups in total. The fraction of sp³-hybridized carbons (Fsp3) is 0.714. The third-order valence-corrected chi connectivity index (χ3v) is 6.27. The minimum Gasteiger partial charge on any atom is -0.305 e. The number of unbranched alkanes of at least 4 members (excludes halogenated alkanes) is 9. The Hall–Kier alpha value is -0.630. The maximum atomic E-state index is 13.0. The van der Waals surface area contributed by atoms with Gasteiger partial charge in [0.15, 0.2) is 0 Å². The molecule has 0 aliphatic rings. The van der Waals surface area contributed by atoms with Crippen LogP contribution in [0.4, 0.5) is 0 Å². The summed E-state index contributed by atoms with van der Waals surface area (Å²) in [5.74, 6) is 0. The Morgan fingerprint density at radius 3 is 1.76 bits per heavy atom. The summed E-state index contributed by atoms with van der Waals surface area (Å²) in [5.41, 5.74) is 0. The SMILES string of the molecule is CCCCCCCCCCCCOP(=O)(OCCC)c1ccccc1. The zero-order chi connectivity index (χ0) is 18.2. The zero-order valence-electron chi connectivity index (χ0n) is 16.3. The Bertz CT molecular complexity index is 461. The van der Waals surface area contributed by atoms with Crippen molar-refractivity contribution < 1.29 is 13.6 Å². The molecule has 1 rings (SSSR count). The predicted octanol–water partition coefficient (Wildman–Crippen LogP) is 6.87. The summed E-state index contributed by atoms with van der Waals surface area (Å²) in [7, 11) is -3.17. The van der Waals surface area contributed by atoms with Crippen LogP contribution in [0.3, 0.4) is 0 Å². The van der Waals surface area contributed by atoms with Crippen molar-refractivity contribution in [2.75, 3.05) is 13.2 Å². The molecule has 0 heterocycles. The first-order valence-electron chi connectivity index (χ1n) is 10.2. The van der Waals surface area contributed by atoms with Crippen LogP contribution in [0.5, 0.6) is 0 Å². The summed E-state index contributed by atoms with van der Waals surface area (Å²) in [4.78, 5) is 0. The number of hydrogen-bond donors (Lipinski definition) is 0. The van der Waals surface area contributed by atoms with Crippen molar-refractivity contribution in [2.45, 2.75) is 84.5 Å². The van der Waals surface area contributed by atoms with Crippen molar-refractivity contribution >= 4 is 12.9 Å². The molecule has 144 valence electrons. The van der Waals surface area contributed by atoms with E-state index in [2.05, 4.69) is 6.92 Å². The van der Waals surface area contributed by atoms with E-state index in [9.17, 15) is 4.57 Å². The molecule has 25 heavy (non-hydrogen) atoms. The summed E-state index contributed by atoms with van der Waals surface area (Å²) < 4.78 is 24.3. The third-order valence-electron chi connectivity index (χ3n) is 4.30. The molecule has 0 bridgehead atoms. The van der Waals surface area contributed by atoms with Gasteiger partial charge in [-0.1, -0.05) is 89.8 Å². The van der Waals surface area contributed by atoms with E-state index in [1.54, 1.807) is 0 Å². The van der Waals surface area contributed by atoms with Gasteiger partial charge < -0.3 is 9.05 Å². The first-order chi connectivity index (χ1) is 12.2. The number of rotatable bonds is 16. The molecule has 0 spiro atoms. The number of benzene rings is 1. The van der Waals surface area contributed by atoms with Gasteiger partial charge >= 0.3 is 7.60 Å². The molecule has 1 aromatic rings. The van der Waals surface area contributed by atoms with Crippen molar-refractivity contribution in [3.05, 3.63) is 30.3 Å². The second-order valence-electron chi connectivity index (χ2n) is 6.68. The molecule has 0 fully saturated rings. The molecule has 0 aromatic heterocycles. The molecule has 0 aliphatic heterocycles. The first-order valence-corrected chi connectivity index (χ1v) is 11.7. The second-order valence-corrected chi connectivity index (χ2v) is 8.71. The van der Waals surface area contributed by atoms with Crippen LogP contribution in [-0.4, -0.2) is 13.2 Å². The quantitative estimate of drug-likeness (QED) is 0.236. The Balaban J connectivity index is 2.17. The Labute approximate surface area is 155 Å². The van der Waals surface area contributed by atoms with Crippen LogP contribution < -0.4 is 5.30 Å². The molecule has 1 unspecified atom stereocenters. The Kier molecular flexibility index (Phi) is 13.0. The average molecular weight is 368 g/mol. The monoisotopic (exact) mass is 368 g/mol. The minimum absolute atomic E-state index is 0.463. The fourth-order valence-electron chi connectivity index (χ4n) is 2.78. The van der Waals surface area contributed by atoms with Gasteiger partial charge in [0.05, 0.1) is 18.5 Å². The van der Waals surface area contributed by atoms with Gasteiger partial charge in [0.25, 0.3) is 0 Å². The van der Waals surface area contributed by atoms with Crippen molar-refractivity contribution in [2.24, 2.45) is 0 Å². The summed E-state index contributed by atoms with van der Waals surface area (Å²) in [6.45, 7) is 5.24. The first kappa shape index (κ1) is 22.4. The normalized spacial score (nSPS) is 13.7. The smallest absolute Gasteiger partial charge is 0.305 e. The molecule has 4 heteroatoms. The molecule has 1 atom stereocenters. The van der Waals surface area contributed by atoms with Crippen LogP contribution in [0.15, 0.2) is 30.3 Å². The molecule has 0 amide bonds. The molecular weight excluding hydrogens is 331 g/mol. The van der Waals surface area contributed by atoms with E-state index in [4.69, 9.17) is 9.05 Å². The van der Waals surface area contributed by atoms with Crippen LogP contribution in [0.2, 0.25) is 0 Å². The van der Waals surface area contributed by atoms with Crippen molar-refractivity contribution in [3.63, 3.8) is 0 Å². The van der Waals surface area contributed by atoms with E-state index in [0.717, 1.165) is 19.3 Å². The average Bonchev–Trinajstić information content (AvgIpc) is 2.65. The molecule has 0 radical (unpaired) electrons. The number of hydrogen-bond acceptors (Lipinski definition) is 3. The Morgan fingerprint density at radius 1 is 0.680 bits per heavy atom.